The van der Waals surface area contributed by atoms with E-state index in [2.05, 4.69) is 15.5 Å². The van der Waals surface area contributed by atoms with Gasteiger partial charge in [-0.1, -0.05) is 6.07 Å². The Kier molecular flexibility index (Phi) is 3.03. The second-order valence-electron chi connectivity index (χ2n) is 6.69. The molecule has 21 heavy (non-hydrogen) atoms. The number of carbonyl (C=O) groups is 1. The summed E-state index contributed by atoms with van der Waals surface area (Å²) in [5.41, 5.74) is 4.24. The summed E-state index contributed by atoms with van der Waals surface area (Å²) in [6.07, 6.45) is 7.17. The highest BCUT2D eigenvalue weighted by Crippen LogP contribution is 2.57. The fourth-order valence-corrected chi connectivity index (χ4v) is 5.11. The molecule has 4 fully saturated rings. The molecule has 4 saturated carbocycles. The van der Waals surface area contributed by atoms with Crippen molar-refractivity contribution >= 4 is 23.2 Å². The van der Waals surface area contributed by atoms with Crippen LogP contribution in [0.4, 0.5) is 0 Å². The first-order valence-corrected chi connectivity index (χ1v) is 7.98. The van der Waals surface area contributed by atoms with E-state index >= 15 is 0 Å². The summed E-state index contributed by atoms with van der Waals surface area (Å²) in [4.78, 5) is 16.1. The third-order valence-electron chi connectivity index (χ3n) is 5.14. The zero-order valence-electron chi connectivity index (χ0n) is 11.8. The summed E-state index contributed by atoms with van der Waals surface area (Å²) >= 11 is 6.70. The van der Waals surface area contributed by atoms with Crippen LogP contribution in [0.3, 0.4) is 0 Å². The average molecular weight is 304 g/mol. The normalized spacial score (nSPS) is 36.6. The van der Waals surface area contributed by atoms with Crippen molar-refractivity contribution in [2.75, 3.05) is 0 Å². The van der Waals surface area contributed by atoms with E-state index in [0.717, 1.165) is 30.9 Å². The Morgan fingerprint density at radius 1 is 1.29 bits per heavy atom. The minimum Gasteiger partial charge on any atom is -0.266 e. The fourth-order valence-electron chi connectivity index (χ4n) is 4.52. The smallest absolute Gasteiger partial charge is 0.266 e. The largest absolute Gasteiger partial charge is 0.289 e. The van der Waals surface area contributed by atoms with E-state index in [4.69, 9.17) is 11.6 Å². The maximum absolute atomic E-state index is 12.0. The van der Waals surface area contributed by atoms with Crippen LogP contribution in [0.15, 0.2) is 29.5 Å². The molecule has 0 unspecified atom stereocenters. The third-order valence-corrected chi connectivity index (χ3v) is 5.60. The predicted molar refractivity (Wildman–Crippen MR) is 81.3 cm³/mol. The number of nitrogens with one attached hydrogen (secondary N) is 1. The van der Waals surface area contributed by atoms with Crippen LogP contribution in [-0.4, -0.2) is 21.5 Å². The molecule has 5 rings (SSSR count). The van der Waals surface area contributed by atoms with Gasteiger partial charge in [-0.25, -0.2) is 5.43 Å². The van der Waals surface area contributed by atoms with Crippen molar-refractivity contribution in [1.82, 2.24) is 10.4 Å². The van der Waals surface area contributed by atoms with Crippen LogP contribution in [0.5, 0.6) is 0 Å². The lowest BCUT2D eigenvalue weighted by Crippen LogP contribution is -2.53. The van der Waals surface area contributed by atoms with Crippen LogP contribution in [0.2, 0.25) is 0 Å². The molecule has 4 aliphatic rings. The molecule has 0 aliphatic heterocycles. The van der Waals surface area contributed by atoms with Gasteiger partial charge in [0.1, 0.15) is 5.69 Å². The summed E-state index contributed by atoms with van der Waals surface area (Å²) in [6, 6.07) is 5.29. The second kappa shape index (κ2) is 4.80. The highest BCUT2D eigenvalue weighted by Gasteiger charge is 2.53. The summed E-state index contributed by atoms with van der Waals surface area (Å²) in [6.45, 7) is 0. The summed E-state index contributed by atoms with van der Waals surface area (Å²) < 4.78 is 0. The number of halogens is 1. The topological polar surface area (TPSA) is 54.4 Å². The van der Waals surface area contributed by atoms with E-state index in [1.54, 1.807) is 24.4 Å². The van der Waals surface area contributed by atoms with Crippen LogP contribution in [0, 0.1) is 17.8 Å². The molecule has 4 bridgehead atoms. The minimum atomic E-state index is -0.238. The zero-order valence-corrected chi connectivity index (χ0v) is 12.5. The lowest BCUT2D eigenvalue weighted by molar-refractivity contribution is 0.0944. The lowest BCUT2D eigenvalue weighted by Gasteiger charge is -2.54. The molecule has 0 saturated heterocycles. The Hall–Kier alpha value is -1.42. The van der Waals surface area contributed by atoms with E-state index in [0.29, 0.717) is 17.5 Å². The molecule has 4 nitrogen and oxygen atoms in total. The molecule has 1 aromatic heterocycles. The summed E-state index contributed by atoms with van der Waals surface area (Å²) in [5, 5.41) is 4.45. The monoisotopic (exact) mass is 303 g/mol. The van der Waals surface area contributed by atoms with Crippen molar-refractivity contribution in [1.29, 1.82) is 0 Å². The van der Waals surface area contributed by atoms with E-state index < -0.39 is 0 Å². The number of hydrogen-bond acceptors (Lipinski definition) is 3. The fraction of sp³-hybridized carbons (Fsp3) is 0.562. The van der Waals surface area contributed by atoms with E-state index in [-0.39, 0.29) is 10.8 Å². The van der Waals surface area contributed by atoms with Crippen LogP contribution in [-0.2, 0) is 0 Å². The zero-order chi connectivity index (χ0) is 14.4. The number of aromatic nitrogens is 1. The number of alkyl halides is 1. The van der Waals surface area contributed by atoms with Crippen LogP contribution >= 0.6 is 11.6 Å². The maximum atomic E-state index is 12.0. The van der Waals surface area contributed by atoms with Gasteiger partial charge in [0.2, 0.25) is 0 Å². The first-order chi connectivity index (χ1) is 10.1. The van der Waals surface area contributed by atoms with Crippen LogP contribution < -0.4 is 5.43 Å². The highest BCUT2D eigenvalue weighted by molar-refractivity contribution is 6.25. The first kappa shape index (κ1) is 13.3. The molecule has 4 aliphatic carbocycles. The number of carbonyl (C=O) groups excluding carboxylic acids is 1. The number of rotatable bonds is 2. The number of hydrazone groups is 1. The molecule has 1 heterocycles. The van der Waals surface area contributed by atoms with Gasteiger partial charge in [0.05, 0.1) is 0 Å². The second-order valence-corrected chi connectivity index (χ2v) is 7.49. The molecular formula is C16H18ClN3O. The Morgan fingerprint density at radius 3 is 2.67 bits per heavy atom. The Balaban J connectivity index is 1.51. The molecule has 1 N–H and O–H groups in total. The molecule has 110 valence electrons. The van der Waals surface area contributed by atoms with Gasteiger partial charge in [-0.2, -0.15) is 5.10 Å². The van der Waals surface area contributed by atoms with Gasteiger partial charge in [-0.05, 0) is 50.2 Å². The number of hydrogen-bond donors (Lipinski definition) is 1. The van der Waals surface area contributed by atoms with Crippen molar-refractivity contribution in [2.24, 2.45) is 22.9 Å². The minimum absolute atomic E-state index is 0.000510. The molecule has 0 radical (unpaired) electrons. The van der Waals surface area contributed by atoms with Crippen LogP contribution in [0.1, 0.15) is 42.6 Å². The third kappa shape index (κ3) is 2.35. The Bertz CT molecular complexity index is 583. The van der Waals surface area contributed by atoms with E-state index in [1.807, 2.05) is 0 Å². The molecule has 0 aromatic carbocycles. The average Bonchev–Trinajstić information content (AvgIpc) is 2.45. The molecule has 1 amide bonds. The molecular weight excluding hydrogens is 286 g/mol. The summed E-state index contributed by atoms with van der Waals surface area (Å²) in [7, 11) is 0. The molecule has 5 heteroatoms. The van der Waals surface area contributed by atoms with E-state index in [1.165, 1.54) is 12.8 Å². The number of nitrogens with zero attached hydrogens (tertiary/aromatic N) is 2. The molecule has 0 spiro atoms. The predicted octanol–water partition coefficient (Wildman–Crippen LogP) is 2.98. The SMILES string of the molecule is O=C(NN=C1[C@H]2CC3C[C@H]1CC(Cl)(C3)C2)c1ccccn1. The van der Waals surface area contributed by atoms with Crippen molar-refractivity contribution in [3.63, 3.8) is 0 Å². The maximum Gasteiger partial charge on any atom is 0.289 e. The van der Waals surface area contributed by atoms with Gasteiger partial charge in [0.25, 0.3) is 5.91 Å². The van der Waals surface area contributed by atoms with Crippen LogP contribution in [0.25, 0.3) is 0 Å². The lowest BCUT2D eigenvalue weighted by atomic mass is 9.55. The number of amides is 1. The van der Waals surface area contributed by atoms with Crippen molar-refractivity contribution in [3.05, 3.63) is 30.1 Å². The van der Waals surface area contributed by atoms with Gasteiger partial charge in [0.15, 0.2) is 0 Å². The van der Waals surface area contributed by atoms with Gasteiger partial charge >= 0.3 is 0 Å². The van der Waals surface area contributed by atoms with Crippen molar-refractivity contribution in [2.45, 2.75) is 37.0 Å². The van der Waals surface area contributed by atoms with Gasteiger partial charge in [0, 0.05) is 28.6 Å². The summed E-state index contributed by atoms with van der Waals surface area (Å²) in [5.74, 6) is 1.43. The molecule has 1 aromatic rings. The Labute approximate surface area is 129 Å². The van der Waals surface area contributed by atoms with Crippen molar-refractivity contribution in [3.8, 4) is 0 Å². The first-order valence-electron chi connectivity index (χ1n) is 7.61. The van der Waals surface area contributed by atoms with Gasteiger partial charge < -0.3 is 0 Å². The highest BCUT2D eigenvalue weighted by atomic mass is 35.5. The molecule has 2 atom stereocenters. The van der Waals surface area contributed by atoms with Gasteiger partial charge in [-0.15, -0.1) is 11.6 Å². The number of pyridine rings is 1. The van der Waals surface area contributed by atoms with E-state index in [9.17, 15) is 4.79 Å². The quantitative estimate of drug-likeness (QED) is 0.674. The standard InChI is InChI=1S/C16H18ClN3O/c17-16-7-10-5-11(8-16)14(12(6-10)9-16)19-20-15(21)13-3-1-2-4-18-13/h1-4,10-12H,5-9H2,(H,20,21)/t10?,11-,12-,16?/m0/s1. The van der Waals surface area contributed by atoms with Crippen molar-refractivity contribution < 1.29 is 4.79 Å². The Morgan fingerprint density at radius 2 is 2.05 bits per heavy atom. The van der Waals surface area contributed by atoms with Gasteiger partial charge in [-0.3, -0.25) is 9.78 Å².